The lowest BCUT2D eigenvalue weighted by atomic mass is 10.0. The highest BCUT2D eigenvalue weighted by Gasteiger charge is 2.15. The van der Waals surface area contributed by atoms with Crippen LogP contribution in [0.25, 0.3) is 60.4 Å². The van der Waals surface area contributed by atoms with E-state index in [0.717, 1.165) is 12.8 Å². The predicted octanol–water partition coefficient (Wildman–Crippen LogP) is 9.04. The maximum absolute atomic E-state index is 3.54. The van der Waals surface area contributed by atoms with Crippen molar-refractivity contribution in [2.24, 2.45) is 0 Å². The van der Waals surface area contributed by atoms with Gasteiger partial charge in [-0.3, -0.25) is 0 Å². The lowest BCUT2D eigenvalue weighted by Crippen LogP contribution is -1.99. The van der Waals surface area contributed by atoms with Gasteiger partial charge >= 0.3 is 0 Å². The minimum atomic E-state index is 1.08. The first-order valence-electron chi connectivity index (χ1n) is 12.4. The van der Waals surface area contributed by atoms with Crippen LogP contribution in [0.4, 0.5) is 0 Å². The third-order valence-corrected chi connectivity index (χ3v) is 7.26. The van der Waals surface area contributed by atoms with Crippen LogP contribution < -0.4 is 0 Å². The minimum Gasteiger partial charge on any atom is -0.355 e. The Kier molecular flexibility index (Phi) is 4.53. The van der Waals surface area contributed by atoms with Crippen molar-refractivity contribution in [1.29, 1.82) is 0 Å². The van der Waals surface area contributed by atoms with Crippen molar-refractivity contribution >= 4 is 43.6 Å². The van der Waals surface area contributed by atoms with Crippen molar-refractivity contribution in [3.63, 3.8) is 0 Å². The van der Waals surface area contributed by atoms with Crippen molar-refractivity contribution in [3.05, 3.63) is 115 Å². The standard InChI is InChI=1S/C33H26N2/c1-2-9-22-10-3-7-14-31(22)35-32-15-8-5-12-26(32)28-21-24(17-19-33(28)35)23-16-18-30-27(20-23)25-11-4-6-13-29(25)34-30/h3-8,10-21,34H,2,9H2,1H3. The molecule has 0 radical (unpaired) electrons. The molecule has 7 aromatic rings. The van der Waals surface area contributed by atoms with Gasteiger partial charge in [-0.2, -0.15) is 0 Å². The maximum Gasteiger partial charge on any atom is 0.0541 e. The molecule has 0 aliphatic carbocycles. The Morgan fingerprint density at radius 2 is 1.23 bits per heavy atom. The van der Waals surface area contributed by atoms with E-state index < -0.39 is 0 Å². The second-order valence-electron chi connectivity index (χ2n) is 9.39. The van der Waals surface area contributed by atoms with Crippen molar-refractivity contribution in [2.45, 2.75) is 19.8 Å². The van der Waals surface area contributed by atoms with Crippen LogP contribution in [-0.2, 0) is 6.42 Å². The van der Waals surface area contributed by atoms with Gasteiger partial charge in [-0.25, -0.2) is 0 Å². The van der Waals surface area contributed by atoms with Crippen molar-refractivity contribution in [2.75, 3.05) is 0 Å². The van der Waals surface area contributed by atoms with Gasteiger partial charge in [0.1, 0.15) is 0 Å². The van der Waals surface area contributed by atoms with E-state index in [9.17, 15) is 0 Å². The summed E-state index contributed by atoms with van der Waals surface area (Å²) in [5.41, 5.74) is 10.0. The molecule has 2 heterocycles. The Bertz CT molecular complexity index is 1870. The van der Waals surface area contributed by atoms with Gasteiger partial charge in [-0.05, 0) is 65.6 Å². The summed E-state index contributed by atoms with van der Waals surface area (Å²) in [6, 6.07) is 39.9. The zero-order valence-electron chi connectivity index (χ0n) is 19.8. The molecule has 0 amide bonds. The van der Waals surface area contributed by atoms with Crippen molar-refractivity contribution in [3.8, 4) is 16.8 Å². The van der Waals surface area contributed by atoms with Gasteiger partial charge in [-0.15, -0.1) is 0 Å². The summed E-state index contributed by atoms with van der Waals surface area (Å²) in [6.07, 6.45) is 2.21. The summed E-state index contributed by atoms with van der Waals surface area (Å²) < 4.78 is 2.45. The van der Waals surface area contributed by atoms with Gasteiger partial charge in [-0.1, -0.05) is 80.1 Å². The summed E-state index contributed by atoms with van der Waals surface area (Å²) in [5, 5.41) is 5.14. The number of nitrogens with zero attached hydrogens (tertiary/aromatic N) is 1. The quantitative estimate of drug-likeness (QED) is 0.276. The van der Waals surface area contributed by atoms with E-state index in [-0.39, 0.29) is 0 Å². The van der Waals surface area contributed by atoms with Crippen LogP contribution in [0.1, 0.15) is 18.9 Å². The largest absolute Gasteiger partial charge is 0.355 e. The fraction of sp³-hybridized carbons (Fsp3) is 0.0909. The highest BCUT2D eigenvalue weighted by atomic mass is 15.0. The summed E-state index contributed by atoms with van der Waals surface area (Å²) in [6.45, 7) is 2.25. The van der Waals surface area contributed by atoms with Crippen LogP contribution in [0.2, 0.25) is 0 Å². The van der Waals surface area contributed by atoms with E-state index >= 15 is 0 Å². The predicted molar refractivity (Wildman–Crippen MR) is 150 cm³/mol. The first-order valence-corrected chi connectivity index (χ1v) is 12.4. The summed E-state index contributed by atoms with van der Waals surface area (Å²) in [7, 11) is 0. The van der Waals surface area contributed by atoms with Crippen LogP contribution in [0, 0.1) is 0 Å². The normalized spacial score (nSPS) is 11.8. The maximum atomic E-state index is 3.54. The van der Waals surface area contributed by atoms with Crippen molar-refractivity contribution < 1.29 is 0 Å². The molecule has 1 N–H and O–H groups in total. The molecule has 0 fully saturated rings. The van der Waals surface area contributed by atoms with Gasteiger partial charge < -0.3 is 9.55 Å². The van der Waals surface area contributed by atoms with E-state index in [1.165, 1.54) is 66.0 Å². The molecule has 2 nitrogen and oxygen atoms in total. The second-order valence-corrected chi connectivity index (χ2v) is 9.39. The zero-order chi connectivity index (χ0) is 23.4. The van der Waals surface area contributed by atoms with Crippen LogP contribution >= 0.6 is 0 Å². The van der Waals surface area contributed by atoms with E-state index in [4.69, 9.17) is 0 Å². The molecule has 0 aliphatic heterocycles. The average Bonchev–Trinajstić information content (AvgIpc) is 3.44. The Morgan fingerprint density at radius 1 is 0.571 bits per heavy atom. The van der Waals surface area contributed by atoms with E-state index in [0.29, 0.717) is 0 Å². The molecule has 2 heteroatoms. The van der Waals surface area contributed by atoms with E-state index in [2.05, 4.69) is 126 Å². The minimum absolute atomic E-state index is 1.08. The molecule has 0 spiro atoms. The molecule has 2 aromatic heterocycles. The molecule has 0 bridgehead atoms. The molecule has 0 unspecified atom stereocenters. The first kappa shape index (κ1) is 20.1. The number of H-pyrrole nitrogens is 1. The number of fused-ring (bicyclic) bond motifs is 6. The fourth-order valence-electron chi connectivity index (χ4n) is 5.65. The highest BCUT2D eigenvalue weighted by Crippen LogP contribution is 2.37. The van der Waals surface area contributed by atoms with E-state index in [1.54, 1.807) is 0 Å². The lowest BCUT2D eigenvalue weighted by Gasteiger charge is -2.13. The number of rotatable bonds is 4. The fourth-order valence-corrected chi connectivity index (χ4v) is 5.65. The molecule has 0 aliphatic rings. The number of hydrogen-bond donors (Lipinski definition) is 1. The summed E-state index contributed by atoms with van der Waals surface area (Å²) >= 11 is 0. The van der Waals surface area contributed by atoms with Crippen LogP contribution in [0.5, 0.6) is 0 Å². The number of aryl methyl sites for hydroxylation is 1. The van der Waals surface area contributed by atoms with Crippen LogP contribution in [0.3, 0.4) is 0 Å². The van der Waals surface area contributed by atoms with Gasteiger partial charge in [0.25, 0.3) is 0 Å². The number of benzene rings is 5. The number of nitrogens with one attached hydrogen (secondary N) is 1. The SMILES string of the molecule is CCCc1ccccc1-n1c2ccccc2c2cc(-c3ccc4[nH]c5ccccc5c4c3)ccc21. The molecule has 0 saturated heterocycles. The molecular formula is C33H26N2. The molecule has 35 heavy (non-hydrogen) atoms. The Balaban J connectivity index is 1.47. The van der Waals surface area contributed by atoms with Crippen LogP contribution in [-0.4, -0.2) is 9.55 Å². The molecule has 168 valence electrons. The monoisotopic (exact) mass is 450 g/mol. The van der Waals surface area contributed by atoms with Crippen LogP contribution in [0.15, 0.2) is 109 Å². The van der Waals surface area contributed by atoms with Crippen molar-refractivity contribution in [1.82, 2.24) is 9.55 Å². The Morgan fingerprint density at radius 3 is 2.11 bits per heavy atom. The molecule has 7 rings (SSSR count). The Labute approximate surface area is 204 Å². The molecule has 0 saturated carbocycles. The smallest absolute Gasteiger partial charge is 0.0541 e. The van der Waals surface area contributed by atoms with Gasteiger partial charge in [0, 0.05) is 38.3 Å². The summed E-state index contributed by atoms with van der Waals surface area (Å²) in [5.74, 6) is 0. The number of para-hydroxylation sites is 3. The zero-order valence-corrected chi connectivity index (χ0v) is 19.8. The first-order chi connectivity index (χ1) is 17.3. The Hall–Kier alpha value is -4.30. The number of hydrogen-bond acceptors (Lipinski definition) is 0. The molecule has 0 atom stereocenters. The van der Waals surface area contributed by atoms with Gasteiger partial charge in [0.05, 0.1) is 11.0 Å². The topological polar surface area (TPSA) is 20.7 Å². The second kappa shape index (κ2) is 7.89. The highest BCUT2D eigenvalue weighted by molar-refractivity contribution is 6.11. The average molecular weight is 451 g/mol. The third-order valence-electron chi connectivity index (χ3n) is 7.26. The molecular weight excluding hydrogens is 424 g/mol. The number of aromatic amines is 1. The van der Waals surface area contributed by atoms with Gasteiger partial charge in [0.2, 0.25) is 0 Å². The lowest BCUT2D eigenvalue weighted by molar-refractivity contribution is 0.909. The number of aromatic nitrogens is 2. The third kappa shape index (κ3) is 3.10. The summed E-state index contributed by atoms with van der Waals surface area (Å²) in [4.78, 5) is 3.54. The van der Waals surface area contributed by atoms with Gasteiger partial charge in [0.15, 0.2) is 0 Å². The molecule has 5 aromatic carbocycles. The van der Waals surface area contributed by atoms with E-state index in [1.807, 2.05) is 0 Å².